The minimum absolute atomic E-state index is 0.0829. The van der Waals surface area contributed by atoms with Crippen LogP contribution >= 0.6 is 0 Å². The van der Waals surface area contributed by atoms with Gasteiger partial charge < -0.3 is 25.0 Å². The highest BCUT2D eigenvalue weighted by Crippen LogP contribution is 2.38. The summed E-state index contributed by atoms with van der Waals surface area (Å²) in [6, 6.07) is 4.99. The number of carbonyl (C=O) groups excluding carboxylic acids is 1. The molecule has 2 atom stereocenters. The molecule has 3 N–H and O–H groups in total. The van der Waals surface area contributed by atoms with Crippen molar-refractivity contribution in [3.05, 3.63) is 42.0 Å². The summed E-state index contributed by atoms with van der Waals surface area (Å²) in [7, 11) is 0. The Morgan fingerprint density at radius 2 is 2.16 bits per heavy atom. The Morgan fingerprint density at radius 3 is 2.76 bits per heavy atom. The van der Waals surface area contributed by atoms with E-state index in [2.05, 4.69) is 10.3 Å². The Balaban J connectivity index is 2.08. The predicted octanol–water partition coefficient (Wildman–Crippen LogP) is 1.82. The minimum atomic E-state index is -1.10. The van der Waals surface area contributed by atoms with Gasteiger partial charge in [-0.05, 0) is 31.5 Å². The number of benzene rings is 1. The van der Waals surface area contributed by atoms with Crippen LogP contribution in [0.15, 0.2) is 30.7 Å². The number of nitrogens with one attached hydrogen (secondary N) is 1. The molecule has 0 radical (unpaired) electrons. The predicted molar refractivity (Wildman–Crippen MR) is 90.6 cm³/mol. The monoisotopic (exact) mass is 344 g/mol. The topological polar surface area (TPSA) is 108 Å². The van der Waals surface area contributed by atoms with Gasteiger partial charge in [0.25, 0.3) is 0 Å². The Morgan fingerprint density at radius 1 is 1.40 bits per heavy atom. The minimum Gasteiger partial charge on any atom is -0.465 e. The number of imidazole rings is 1. The molecule has 8 nitrogen and oxygen atoms in total. The van der Waals surface area contributed by atoms with Gasteiger partial charge in [-0.1, -0.05) is 0 Å². The Bertz CT molecular complexity index is 817. The van der Waals surface area contributed by atoms with E-state index >= 15 is 0 Å². The van der Waals surface area contributed by atoms with E-state index in [0.29, 0.717) is 17.8 Å². The number of rotatable bonds is 3. The van der Waals surface area contributed by atoms with Gasteiger partial charge in [0.2, 0.25) is 5.91 Å². The van der Waals surface area contributed by atoms with Gasteiger partial charge in [-0.2, -0.15) is 0 Å². The third-order valence-electron chi connectivity index (χ3n) is 4.40. The van der Waals surface area contributed by atoms with Crippen LogP contribution in [0.25, 0.3) is 5.69 Å². The number of aliphatic hydroxyl groups is 1. The first kappa shape index (κ1) is 17.0. The lowest BCUT2D eigenvalue weighted by Crippen LogP contribution is -2.45. The summed E-state index contributed by atoms with van der Waals surface area (Å²) in [5, 5.41) is 20.8. The zero-order valence-corrected chi connectivity index (χ0v) is 14.0. The van der Waals surface area contributed by atoms with E-state index in [9.17, 15) is 9.59 Å². The van der Waals surface area contributed by atoms with Crippen molar-refractivity contribution in [1.29, 1.82) is 0 Å². The van der Waals surface area contributed by atoms with Crippen molar-refractivity contribution in [2.45, 2.75) is 39.0 Å². The SMILES string of the molecule is CC(=O)N1c2ccc(-n3cnc(CO)c3)cc2C(NC(=O)O)CC1C. The number of anilines is 1. The van der Waals surface area contributed by atoms with Crippen molar-refractivity contribution in [3.63, 3.8) is 0 Å². The number of carboxylic acid groups (broad SMARTS) is 1. The maximum Gasteiger partial charge on any atom is 0.405 e. The maximum absolute atomic E-state index is 12.0. The molecule has 8 heteroatoms. The lowest BCUT2D eigenvalue weighted by molar-refractivity contribution is -0.117. The molecule has 2 heterocycles. The van der Waals surface area contributed by atoms with Crippen molar-refractivity contribution in [3.8, 4) is 5.69 Å². The first-order valence-corrected chi connectivity index (χ1v) is 7.98. The van der Waals surface area contributed by atoms with Gasteiger partial charge in [0, 0.05) is 36.1 Å². The molecule has 0 bridgehead atoms. The van der Waals surface area contributed by atoms with Crippen LogP contribution in [0.2, 0.25) is 0 Å². The van der Waals surface area contributed by atoms with E-state index in [1.807, 2.05) is 25.1 Å². The summed E-state index contributed by atoms with van der Waals surface area (Å²) in [5.41, 5.74) is 2.77. The van der Waals surface area contributed by atoms with Crippen LogP contribution < -0.4 is 10.2 Å². The van der Waals surface area contributed by atoms with Crippen LogP contribution in [-0.2, 0) is 11.4 Å². The van der Waals surface area contributed by atoms with Gasteiger partial charge >= 0.3 is 6.09 Å². The second-order valence-electron chi connectivity index (χ2n) is 6.15. The fourth-order valence-corrected chi connectivity index (χ4v) is 3.36. The molecule has 0 saturated carbocycles. The largest absolute Gasteiger partial charge is 0.465 e. The van der Waals surface area contributed by atoms with Crippen LogP contribution in [0.4, 0.5) is 10.5 Å². The zero-order valence-electron chi connectivity index (χ0n) is 14.0. The lowest BCUT2D eigenvalue weighted by Gasteiger charge is -2.39. The molecule has 25 heavy (non-hydrogen) atoms. The first-order valence-electron chi connectivity index (χ1n) is 7.98. The summed E-state index contributed by atoms with van der Waals surface area (Å²) >= 11 is 0. The highest BCUT2D eigenvalue weighted by atomic mass is 16.4. The van der Waals surface area contributed by atoms with Gasteiger partial charge in [-0.25, -0.2) is 9.78 Å². The molecule has 2 amide bonds. The van der Waals surface area contributed by atoms with Gasteiger partial charge in [0.15, 0.2) is 0 Å². The molecule has 0 aliphatic carbocycles. The zero-order chi connectivity index (χ0) is 18.1. The molecule has 2 aromatic rings. The Labute approximate surface area is 144 Å². The summed E-state index contributed by atoms with van der Waals surface area (Å²) in [5.74, 6) is -0.0829. The molecule has 132 valence electrons. The van der Waals surface area contributed by atoms with Crippen molar-refractivity contribution in [1.82, 2.24) is 14.9 Å². The molecule has 0 saturated heterocycles. The second-order valence-corrected chi connectivity index (χ2v) is 6.15. The Hall–Kier alpha value is -2.87. The number of hydrogen-bond donors (Lipinski definition) is 3. The summed E-state index contributed by atoms with van der Waals surface area (Å²) in [4.78, 5) is 29.0. The van der Waals surface area contributed by atoms with Crippen LogP contribution in [0, 0.1) is 0 Å². The molecule has 0 fully saturated rings. The summed E-state index contributed by atoms with van der Waals surface area (Å²) < 4.78 is 1.75. The average Bonchev–Trinajstić information content (AvgIpc) is 3.02. The third kappa shape index (κ3) is 3.20. The van der Waals surface area contributed by atoms with Crippen LogP contribution in [0.1, 0.15) is 37.6 Å². The quantitative estimate of drug-likeness (QED) is 0.787. The molecule has 3 rings (SSSR count). The number of carbonyl (C=O) groups is 2. The number of aromatic nitrogens is 2. The molecule has 1 aliphatic rings. The molecule has 1 aliphatic heterocycles. The molecule has 2 unspecified atom stereocenters. The van der Waals surface area contributed by atoms with E-state index in [1.54, 1.807) is 22.0 Å². The van der Waals surface area contributed by atoms with Crippen LogP contribution in [0.3, 0.4) is 0 Å². The van der Waals surface area contributed by atoms with E-state index in [1.165, 1.54) is 6.92 Å². The second kappa shape index (κ2) is 6.56. The number of nitrogens with zero attached hydrogens (tertiary/aromatic N) is 3. The van der Waals surface area contributed by atoms with Gasteiger partial charge in [-0.15, -0.1) is 0 Å². The highest BCUT2D eigenvalue weighted by molar-refractivity contribution is 5.94. The first-order chi connectivity index (χ1) is 11.9. The van der Waals surface area contributed by atoms with Crippen molar-refractivity contribution in [2.24, 2.45) is 0 Å². The normalized spacial score (nSPS) is 19.4. The molecular formula is C17H20N4O4. The average molecular weight is 344 g/mol. The highest BCUT2D eigenvalue weighted by Gasteiger charge is 2.33. The van der Waals surface area contributed by atoms with Crippen LogP contribution in [0.5, 0.6) is 0 Å². The number of fused-ring (bicyclic) bond motifs is 1. The summed E-state index contributed by atoms with van der Waals surface area (Å²) in [6.07, 6.45) is 2.68. The van der Waals surface area contributed by atoms with Gasteiger partial charge in [0.05, 0.1) is 24.7 Å². The molecular weight excluding hydrogens is 324 g/mol. The molecule has 0 spiro atoms. The van der Waals surface area contributed by atoms with Crippen molar-refractivity contribution >= 4 is 17.7 Å². The van der Waals surface area contributed by atoms with Gasteiger partial charge in [0.1, 0.15) is 0 Å². The Kier molecular flexibility index (Phi) is 4.45. The van der Waals surface area contributed by atoms with Gasteiger partial charge in [-0.3, -0.25) is 4.79 Å². The molecule has 1 aromatic heterocycles. The van der Waals surface area contributed by atoms with Crippen molar-refractivity contribution in [2.75, 3.05) is 4.90 Å². The fraction of sp³-hybridized carbons (Fsp3) is 0.353. The van der Waals surface area contributed by atoms with E-state index in [-0.39, 0.29) is 18.6 Å². The lowest BCUT2D eigenvalue weighted by atomic mass is 9.91. The van der Waals surface area contributed by atoms with Crippen molar-refractivity contribution < 1.29 is 19.8 Å². The van der Waals surface area contributed by atoms with E-state index < -0.39 is 12.1 Å². The number of aliphatic hydroxyl groups excluding tert-OH is 1. The van der Waals surface area contributed by atoms with Crippen LogP contribution in [-0.4, -0.2) is 37.8 Å². The maximum atomic E-state index is 12.0. The standard InChI is InChI=1S/C17H20N4O4/c1-10-5-15(19-17(24)25)14-6-13(20-7-12(8-22)18-9-20)3-4-16(14)21(10)11(2)23/h3-4,6-7,9-10,15,19,22H,5,8H2,1-2H3,(H,24,25). The molecule has 1 aromatic carbocycles. The smallest absolute Gasteiger partial charge is 0.405 e. The third-order valence-corrected chi connectivity index (χ3v) is 4.40. The fourth-order valence-electron chi connectivity index (χ4n) is 3.36. The number of hydrogen-bond acceptors (Lipinski definition) is 4. The summed E-state index contributed by atoms with van der Waals surface area (Å²) in [6.45, 7) is 3.25. The van der Waals surface area contributed by atoms with E-state index in [0.717, 1.165) is 11.3 Å². The number of amides is 2. The van der Waals surface area contributed by atoms with E-state index in [4.69, 9.17) is 10.2 Å².